The van der Waals surface area contributed by atoms with E-state index in [9.17, 15) is 0 Å². The van der Waals surface area contributed by atoms with E-state index in [0.29, 0.717) is 5.92 Å². The van der Waals surface area contributed by atoms with Crippen LogP contribution in [-0.4, -0.2) is 35.3 Å². The molecule has 1 aromatic rings. The molecular weight excluding hydrogens is 250 g/mol. The largest absolute Gasteiger partial charge is 0.381 e. The molecule has 0 amide bonds. The van der Waals surface area contributed by atoms with Crippen LogP contribution >= 0.6 is 0 Å². The highest BCUT2D eigenvalue weighted by Crippen LogP contribution is 2.24. The second kappa shape index (κ2) is 6.19. The first-order chi connectivity index (χ1) is 9.37. The first kappa shape index (κ1) is 15.4. The molecule has 1 N–H and O–H groups in total. The molecule has 0 aromatic carbocycles. The third-order valence-electron chi connectivity index (χ3n) is 3.76. The van der Waals surface area contributed by atoms with Crippen LogP contribution in [0.1, 0.15) is 55.9 Å². The highest BCUT2D eigenvalue weighted by Gasteiger charge is 2.22. The van der Waals surface area contributed by atoms with Gasteiger partial charge in [0.05, 0.1) is 6.61 Å². The van der Waals surface area contributed by atoms with Crippen molar-refractivity contribution >= 4 is 0 Å². The molecule has 1 aliphatic heterocycles. The van der Waals surface area contributed by atoms with Crippen LogP contribution in [0, 0.1) is 13.8 Å². The van der Waals surface area contributed by atoms with E-state index < -0.39 is 0 Å². The number of hydrogen-bond acceptors (Lipinski definition) is 4. The maximum atomic E-state index is 5.43. The number of nitrogens with one attached hydrogen (secondary N) is 1. The van der Waals surface area contributed by atoms with Crippen LogP contribution in [0.4, 0.5) is 0 Å². The van der Waals surface area contributed by atoms with Gasteiger partial charge in [-0.05, 0) is 59.6 Å². The fourth-order valence-corrected chi connectivity index (χ4v) is 2.61. The van der Waals surface area contributed by atoms with Gasteiger partial charge in [-0.25, -0.2) is 9.97 Å². The molecule has 1 fully saturated rings. The summed E-state index contributed by atoms with van der Waals surface area (Å²) in [6.45, 7) is 13.3. The summed E-state index contributed by atoms with van der Waals surface area (Å²) in [5.74, 6) is 1.35. The Kier molecular flexibility index (Phi) is 4.76. The second-order valence-electron chi connectivity index (χ2n) is 6.72. The standard InChI is InChI=1S/C16H27N3O/c1-11-14(6-8-17-16(3,4)5)12(2)19-15(18-11)13-7-9-20-10-13/h13,17H,6-10H2,1-5H3. The first-order valence-corrected chi connectivity index (χ1v) is 7.53. The van der Waals surface area contributed by atoms with Crippen LogP contribution in [0.2, 0.25) is 0 Å². The van der Waals surface area contributed by atoms with Crippen molar-refractivity contribution in [3.05, 3.63) is 22.8 Å². The minimum absolute atomic E-state index is 0.157. The molecule has 1 unspecified atom stereocenters. The molecule has 0 saturated carbocycles. The van der Waals surface area contributed by atoms with Crippen molar-refractivity contribution in [1.29, 1.82) is 0 Å². The van der Waals surface area contributed by atoms with E-state index in [-0.39, 0.29) is 5.54 Å². The minimum atomic E-state index is 0.157. The molecule has 112 valence electrons. The summed E-state index contributed by atoms with van der Waals surface area (Å²) >= 11 is 0. The zero-order chi connectivity index (χ0) is 14.8. The summed E-state index contributed by atoms with van der Waals surface area (Å²) in [6.07, 6.45) is 2.03. The lowest BCUT2D eigenvalue weighted by atomic mass is 10.0. The lowest BCUT2D eigenvalue weighted by Gasteiger charge is -2.21. The predicted molar refractivity (Wildman–Crippen MR) is 81.1 cm³/mol. The van der Waals surface area contributed by atoms with Crippen molar-refractivity contribution in [3.63, 3.8) is 0 Å². The molecule has 4 nitrogen and oxygen atoms in total. The van der Waals surface area contributed by atoms with Gasteiger partial charge in [-0.1, -0.05) is 0 Å². The van der Waals surface area contributed by atoms with Crippen LogP contribution in [0.15, 0.2) is 0 Å². The Balaban J connectivity index is 2.06. The van der Waals surface area contributed by atoms with Gasteiger partial charge in [0.1, 0.15) is 5.82 Å². The van der Waals surface area contributed by atoms with Gasteiger partial charge in [-0.15, -0.1) is 0 Å². The Morgan fingerprint density at radius 3 is 2.35 bits per heavy atom. The number of rotatable bonds is 4. The summed E-state index contributed by atoms with van der Waals surface area (Å²) in [6, 6.07) is 0. The average molecular weight is 277 g/mol. The molecule has 0 radical (unpaired) electrons. The molecule has 0 aliphatic carbocycles. The molecule has 1 aromatic heterocycles. The summed E-state index contributed by atoms with van der Waals surface area (Å²) in [5.41, 5.74) is 3.68. The lowest BCUT2D eigenvalue weighted by Crippen LogP contribution is -2.37. The monoisotopic (exact) mass is 277 g/mol. The van der Waals surface area contributed by atoms with Gasteiger partial charge in [-0.3, -0.25) is 0 Å². The summed E-state index contributed by atoms with van der Waals surface area (Å²) in [4.78, 5) is 9.42. The maximum absolute atomic E-state index is 5.43. The lowest BCUT2D eigenvalue weighted by molar-refractivity contribution is 0.193. The van der Waals surface area contributed by atoms with E-state index >= 15 is 0 Å². The fraction of sp³-hybridized carbons (Fsp3) is 0.750. The smallest absolute Gasteiger partial charge is 0.134 e. The van der Waals surface area contributed by atoms with Crippen molar-refractivity contribution in [1.82, 2.24) is 15.3 Å². The molecule has 1 saturated heterocycles. The zero-order valence-corrected chi connectivity index (χ0v) is 13.4. The molecule has 0 bridgehead atoms. The number of hydrogen-bond donors (Lipinski definition) is 1. The molecule has 1 atom stereocenters. The van der Waals surface area contributed by atoms with E-state index in [2.05, 4.69) is 39.9 Å². The molecule has 0 spiro atoms. The van der Waals surface area contributed by atoms with Crippen molar-refractivity contribution in [3.8, 4) is 0 Å². The van der Waals surface area contributed by atoms with E-state index in [4.69, 9.17) is 14.7 Å². The van der Waals surface area contributed by atoms with Gasteiger partial charge in [0.25, 0.3) is 0 Å². The van der Waals surface area contributed by atoms with E-state index in [1.165, 1.54) is 5.56 Å². The molecule has 20 heavy (non-hydrogen) atoms. The normalized spacial score (nSPS) is 19.6. The van der Waals surface area contributed by atoms with Gasteiger partial charge < -0.3 is 10.1 Å². The Morgan fingerprint density at radius 1 is 1.20 bits per heavy atom. The van der Waals surface area contributed by atoms with E-state index in [1.807, 2.05) is 0 Å². The van der Waals surface area contributed by atoms with Gasteiger partial charge in [0.2, 0.25) is 0 Å². The third kappa shape index (κ3) is 4.00. The molecular formula is C16H27N3O. The van der Waals surface area contributed by atoms with Gasteiger partial charge >= 0.3 is 0 Å². The molecule has 4 heteroatoms. The van der Waals surface area contributed by atoms with Crippen molar-refractivity contribution in [2.75, 3.05) is 19.8 Å². The van der Waals surface area contributed by atoms with Crippen LogP contribution in [0.25, 0.3) is 0 Å². The topological polar surface area (TPSA) is 47.0 Å². The van der Waals surface area contributed by atoms with Crippen molar-refractivity contribution in [2.45, 2.75) is 58.9 Å². The average Bonchev–Trinajstić information content (AvgIpc) is 2.84. The number of ether oxygens (including phenoxy) is 1. The predicted octanol–water partition coefficient (Wildman–Crippen LogP) is 2.53. The molecule has 2 rings (SSSR count). The zero-order valence-electron chi connectivity index (χ0n) is 13.4. The SMILES string of the molecule is Cc1nc(C2CCOC2)nc(C)c1CCNC(C)(C)C. The number of nitrogens with zero attached hydrogens (tertiary/aromatic N) is 2. The van der Waals surface area contributed by atoms with Crippen LogP contribution in [0.5, 0.6) is 0 Å². The Hall–Kier alpha value is -1.00. The van der Waals surface area contributed by atoms with Crippen LogP contribution < -0.4 is 5.32 Å². The maximum Gasteiger partial charge on any atom is 0.134 e. The highest BCUT2D eigenvalue weighted by molar-refractivity contribution is 5.25. The summed E-state index contributed by atoms with van der Waals surface area (Å²) in [5, 5.41) is 3.52. The van der Waals surface area contributed by atoms with Crippen LogP contribution in [0.3, 0.4) is 0 Å². The first-order valence-electron chi connectivity index (χ1n) is 7.53. The molecule has 2 heterocycles. The van der Waals surface area contributed by atoms with Gasteiger partial charge in [0, 0.05) is 29.5 Å². The minimum Gasteiger partial charge on any atom is -0.381 e. The number of aromatic nitrogens is 2. The Bertz CT molecular complexity index is 436. The van der Waals surface area contributed by atoms with E-state index in [1.54, 1.807) is 0 Å². The summed E-state index contributed by atoms with van der Waals surface area (Å²) in [7, 11) is 0. The second-order valence-corrected chi connectivity index (χ2v) is 6.72. The quantitative estimate of drug-likeness (QED) is 0.918. The van der Waals surface area contributed by atoms with E-state index in [0.717, 1.165) is 49.8 Å². The number of aryl methyl sites for hydroxylation is 2. The third-order valence-corrected chi connectivity index (χ3v) is 3.76. The van der Waals surface area contributed by atoms with Crippen LogP contribution in [-0.2, 0) is 11.2 Å². The Labute approximate surface area is 122 Å². The fourth-order valence-electron chi connectivity index (χ4n) is 2.61. The molecule has 1 aliphatic rings. The van der Waals surface area contributed by atoms with Crippen molar-refractivity contribution in [2.24, 2.45) is 0 Å². The van der Waals surface area contributed by atoms with Gasteiger partial charge in [-0.2, -0.15) is 0 Å². The highest BCUT2D eigenvalue weighted by atomic mass is 16.5. The Morgan fingerprint density at radius 2 is 1.85 bits per heavy atom. The van der Waals surface area contributed by atoms with Gasteiger partial charge in [0.15, 0.2) is 0 Å². The summed E-state index contributed by atoms with van der Waals surface area (Å²) < 4.78 is 5.43. The van der Waals surface area contributed by atoms with Crippen molar-refractivity contribution < 1.29 is 4.74 Å².